The van der Waals surface area contributed by atoms with E-state index in [4.69, 9.17) is 16.0 Å². The normalized spacial score (nSPS) is 13.8. The molecule has 0 spiro atoms. The van der Waals surface area contributed by atoms with Crippen LogP contribution in [0.25, 0.3) is 0 Å². The molecule has 1 heterocycles. The Hall–Kier alpha value is -1.78. The molecule has 5 heteroatoms. The van der Waals surface area contributed by atoms with Gasteiger partial charge in [0.25, 0.3) is 5.91 Å². The smallest absolute Gasteiger partial charge is 0.282 e. The lowest BCUT2D eigenvalue weighted by Gasteiger charge is -2.20. The molecule has 1 aromatic carbocycles. The van der Waals surface area contributed by atoms with Gasteiger partial charge in [-0.15, -0.1) is 0 Å². The van der Waals surface area contributed by atoms with E-state index in [1.165, 1.54) is 0 Å². The third kappa shape index (κ3) is 3.85. The summed E-state index contributed by atoms with van der Waals surface area (Å²) in [6, 6.07) is 10.7. The molecule has 1 unspecified atom stereocenters. The van der Waals surface area contributed by atoms with Gasteiger partial charge in [0.15, 0.2) is 11.8 Å². The summed E-state index contributed by atoms with van der Waals surface area (Å²) in [5.74, 6) is 0.821. The van der Waals surface area contributed by atoms with E-state index < -0.39 is 0 Å². The summed E-state index contributed by atoms with van der Waals surface area (Å²) in [6.07, 6.45) is 1.64. The van der Waals surface area contributed by atoms with Crippen LogP contribution in [0.2, 0.25) is 5.02 Å². The molecule has 1 amide bonds. The molecule has 1 aromatic heterocycles. The number of nitrogens with one attached hydrogen (secondary N) is 2. The monoisotopic (exact) mass is 293 g/mol. The van der Waals surface area contributed by atoms with Gasteiger partial charge in [-0.2, -0.15) is 0 Å². The SMILES string of the molecule is C[C@H](C(=O)Nc1cccc(Cl)c1)[NH+](C)Cc1ccco1. The van der Waals surface area contributed by atoms with Crippen LogP contribution in [0, 0.1) is 0 Å². The third-order valence-electron chi connectivity index (χ3n) is 3.26. The Morgan fingerprint density at radius 1 is 1.40 bits per heavy atom. The average molecular weight is 294 g/mol. The molecule has 0 bridgehead atoms. The number of anilines is 1. The third-order valence-corrected chi connectivity index (χ3v) is 3.49. The maximum absolute atomic E-state index is 12.2. The van der Waals surface area contributed by atoms with Crippen LogP contribution in [0.5, 0.6) is 0 Å². The van der Waals surface area contributed by atoms with Gasteiger partial charge >= 0.3 is 0 Å². The topological polar surface area (TPSA) is 46.7 Å². The predicted octanol–water partition coefficient (Wildman–Crippen LogP) is 1.97. The van der Waals surface area contributed by atoms with Crippen molar-refractivity contribution in [1.29, 1.82) is 0 Å². The number of hydrogen-bond donors (Lipinski definition) is 2. The van der Waals surface area contributed by atoms with Gasteiger partial charge in [0.2, 0.25) is 0 Å². The van der Waals surface area contributed by atoms with Crippen molar-refractivity contribution in [2.75, 3.05) is 12.4 Å². The number of benzene rings is 1. The second kappa shape index (κ2) is 6.59. The van der Waals surface area contributed by atoms with Crippen molar-refractivity contribution < 1.29 is 14.1 Å². The van der Waals surface area contributed by atoms with Crippen molar-refractivity contribution in [2.24, 2.45) is 0 Å². The van der Waals surface area contributed by atoms with Gasteiger partial charge in [0.1, 0.15) is 6.54 Å². The number of halogens is 1. The summed E-state index contributed by atoms with van der Waals surface area (Å²) < 4.78 is 5.30. The largest absolute Gasteiger partial charge is 0.463 e. The first-order valence-corrected chi connectivity index (χ1v) is 6.85. The molecule has 2 rings (SSSR count). The molecule has 0 aliphatic rings. The van der Waals surface area contributed by atoms with E-state index >= 15 is 0 Å². The molecule has 2 N–H and O–H groups in total. The number of rotatable bonds is 5. The molecule has 20 heavy (non-hydrogen) atoms. The zero-order valence-electron chi connectivity index (χ0n) is 11.5. The average Bonchev–Trinajstić information content (AvgIpc) is 2.90. The van der Waals surface area contributed by atoms with Crippen LogP contribution < -0.4 is 10.2 Å². The van der Waals surface area contributed by atoms with Gasteiger partial charge < -0.3 is 14.6 Å². The molecule has 4 nitrogen and oxygen atoms in total. The molecule has 2 aromatic rings. The lowest BCUT2D eigenvalue weighted by atomic mass is 10.2. The van der Waals surface area contributed by atoms with E-state index in [1.54, 1.807) is 18.4 Å². The number of carbonyl (C=O) groups is 1. The highest BCUT2D eigenvalue weighted by atomic mass is 35.5. The molecule has 0 fully saturated rings. The quantitative estimate of drug-likeness (QED) is 0.885. The van der Waals surface area contributed by atoms with Gasteiger partial charge in [-0.25, -0.2) is 0 Å². The second-order valence-corrected chi connectivity index (χ2v) is 5.26. The standard InChI is InChI=1S/C15H17ClN2O2/c1-11(18(2)10-14-7-4-8-20-14)15(19)17-13-6-3-5-12(16)9-13/h3-9,11H,10H2,1-2H3,(H,17,19)/p+1/t11-/m1/s1. The van der Waals surface area contributed by atoms with Crippen molar-refractivity contribution in [1.82, 2.24) is 0 Å². The minimum atomic E-state index is -0.195. The van der Waals surface area contributed by atoms with E-state index in [0.717, 1.165) is 10.7 Å². The van der Waals surface area contributed by atoms with E-state index in [1.807, 2.05) is 38.2 Å². The fourth-order valence-corrected chi connectivity index (χ4v) is 2.07. The van der Waals surface area contributed by atoms with Gasteiger partial charge in [0, 0.05) is 10.7 Å². The summed E-state index contributed by atoms with van der Waals surface area (Å²) in [5, 5.41) is 3.47. The molecule has 0 saturated carbocycles. The highest BCUT2D eigenvalue weighted by Crippen LogP contribution is 2.14. The molecule has 2 atom stereocenters. The van der Waals surface area contributed by atoms with Gasteiger partial charge in [-0.05, 0) is 37.3 Å². The summed E-state index contributed by atoms with van der Waals surface area (Å²) in [4.78, 5) is 13.2. The zero-order chi connectivity index (χ0) is 14.5. The fourth-order valence-electron chi connectivity index (χ4n) is 1.88. The Morgan fingerprint density at radius 2 is 2.20 bits per heavy atom. The molecule has 0 radical (unpaired) electrons. The zero-order valence-corrected chi connectivity index (χ0v) is 12.3. The van der Waals surface area contributed by atoms with Crippen molar-refractivity contribution in [3.05, 3.63) is 53.4 Å². The maximum Gasteiger partial charge on any atom is 0.282 e. The lowest BCUT2D eigenvalue weighted by Crippen LogP contribution is -3.12. The Balaban J connectivity index is 1.94. The van der Waals surface area contributed by atoms with Crippen molar-refractivity contribution in [3.8, 4) is 0 Å². The minimum Gasteiger partial charge on any atom is -0.463 e. The molecular formula is C15H18ClN2O2+. The first-order chi connectivity index (χ1) is 9.56. The molecule has 0 aliphatic carbocycles. The van der Waals surface area contributed by atoms with E-state index in [-0.39, 0.29) is 11.9 Å². The summed E-state index contributed by atoms with van der Waals surface area (Å²) in [6.45, 7) is 2.55. The van der Waals surface area contributed by atoms with Crippen LogP contribution >= 0.6 is 11.6 Å². The van der Waals surface area contributed by atoms with Crippen LogP contribution in [-0.2, 0) is 11.3 Å². The van der Waals surface area contributed by atoms with Crippen LogP contribution in [-0.4, -0.2) is 19.0 Å². The fraction of sp³-hybridized carbons (Fsp3) is 0.267. The van der Waals surface area contributed by atoms with Crippen LogP contribution in [0.4, 0.5) is 5.69 Å². The van der Waals surface area contributed by atoms with E-state index in [0.29, 0.717) is 17.3 Å². The Morgan fingerprint density at radius 3 is 2.85 bits per heavy atom. The first-order valence-electron chi connectivity index (χ1n) is 6.47. The van der Waals surface area contributed by atoms with Crippen LogP contribution in [0.3, 0.4) is 0 Å². The summed E-state index contributed by atoms with van der Waals surface area (Å²) in [7, 11) is 1.96. The minimum absolute atomic E-state index is 0.0451. The highest BCUT2D eigenvalue weighted by molar-refractivity contribution is 6.30. The molecule has 0 aliphatic heterocycles. The summed E-state index contributed by atoms with van der Waals surface area (Å²) >= 11 is 5.90. The predicted molar refractivity (Wildman–Crippen MR) is 78.8 cm³/mol. The van der Waals surface area contributed by atoms with Crippen molar-refractivity contribution in [2.45, 2.75) is 19.5 Å². The van der Waals surface area contributed by atoms with Crippen molar-refractivity contribution >= 4 is 23.2 Å². The van der Waals surface area contributed by atoms with E-state index in [2.05, 4.69) is 5.32 Å². The van der Waals surface area contributed by atoms with Crippen LogP contribution in [0.1, 0.15) is 12.7 Å². The maximum atomic E-state index is 12.2. The number of carbonyl (C=O) groups excluding carboxylic acids is 1. The number of quaternary nitrogens is 1. The summed E-state index contributed by atoms with van der Waals surface area (Å²) in [5.41, 5.74) is 0.708. The van der Waals surface area contributed by atoms with Gasteiger partial charge in [-0.3, -0.25) is 4.79 Å². The van der Waals surface area contributed by atoms with E-state index in [9.17, 15) is 4.79 Å². The second-order valence-electron chi connectivity index (χ2n) is 4.82. The van der Waals surface area contributed by atoms with Crippen LogP contribution in [0.15, 0.2) is 47.1 Å². The molecular weight excluding hydrogens is 276 g/mol. The van der Waals surface area contributed by atoms with Crippen molar-refractivity contribution in [3.63, 3.8) is 0 Å². The first kappa shape index (κ1) is 14.6. The Kier molecular flexibility index (Phi) is 4.82. The Bertz CT molecular complexity index is 569. The number of furan rings is 1. The number of likely N-dealkylation sites (N-methyl/N-ethyl adjacent to an activating group) is 1. The molecule has 106 valence electrons. The Labute approximate surface area is 123 Å². The number of amides is 1. The lowest BCUT2D eigenvalue weighted by molar-refractivity contribution is -0.908. The number of hydrogen-bond acceptors (Lipinski definition) is 2. The van der Waals surface area contributed by atoms with Gasteiger partial charge in [0.05, 0.1) is 13.3 Å². The highest BCUT2D eigenvalue weighted by Gasteiger charge is 2.22. The molecule has 0 saturated heterocycles. The van der Waals surface area contributed by atoms with Gasteiger partial charge in [-0.1, -0.05) is 17.7 Å².